The van der Waals surface area contributed by atoms with Crippen LogP contribution < -0.4 is 10.6 Å². The van der Waals surface area contributed by atoms with Crippen LogP contribution in [0, 0.1) is 0 Å². The summed E-state index contributed by atoms with van der Waals surface area (Å²) in [5, 5.41) is 11.7. The van der Waals surface area contributed by atoms with Crippen LogP contribution in [-0.2, 0) is 9.59 Å². The number of benzene rings is 1. The van der Waals surface area contributed by atoms with Crippen LogP contribution in [0.3, 0.4) is 0 Å². The lowest BCUT2D eigenvalue weighted by atomic mass is 9.87. The smallest absolute Gasteiger partial charge is 0.236 e. The lowest BCUT2D eigenvalue weighted by molar-refractivity contribution is -0.132. The fraction of sp³-hybridized carbons (Fsp3) is 0.333. The first-order valence-electron chi connectivity index (χ1n) is 10.3. The topological polar surface area (TPSA) is 85.6 Å². The fourth-order valence-corrected chi connectivity index (χ4v) is 4.00. The van der Waals surface area contributed by atoms with Crippen molar-refractivity contribution >= 4 is 23.4 Å². The molecule has 160 valence electrons. The Morgan fingerprint density at radius 2 is 1.68 bits per heavy atom. The van der Waals surface area contributed by atoms with Crippen molar-refractivity contribution in [3.05, 3.63) is 63.0 Å². The van der Waals surface area contributed by atoms with E-state index < -0.39 is 11.6 Å². The molecule has 31 heavy (non-hydrogen) atoms. The fourth-order valence-electron chi connectivity index (χ4n) is 4.00. The van der Waals surface area contributed by atoms with Crippen molar-refractivity contribution in [2.75, 3.05) is 41.3 Å². The highest BCUT2D eigenvalue weighted by atomic mass is 16.3. The van der Waals surface area contributed by atoms with Crippen molar-refractivity contribution in [1.29, 1.82) is 0 Å². The maximum absolute atomic E-state index is 13.2. The molecule has 0 atom stereocenters. The Bertz CT molecular complexity index is 1230. The number of phenolic OH excluding ortho intramolecular Hbond substituents is 1. The number of fused-ring (bicyclic) bond motifs is 2. The third-order valence-corrected chi connectivity index (χ3v) is 5.63. The van der Waals surface area contributed by atoms with Crippen LogP contribution in [0.25, 0.3) is 5.57 Å². The second-order valence-corrected chi connectivity index (χ2v) is 8.48. The van der Waals surface area contributed by atoms with Gasteiger partial charge in [-0.1, -0.05) is 6.07 Å². The zero-order valence-electron chi connectivity index (χ0n) is 18.3. The number of carbonyl (C=O) groups excluding carboxylic acids is 2. The predicted octanol–water partition coefficient (Wildman–Crippen LogP) is 0.750. The molecule has 0 radical (unpaired) electrons. The number of hydrogen-bond acceptors (Lipinski definition) is 7. The first-order chi connectivity index (χ1) is 14.8. The van der Waals surface area contributed by atoms with E-state index >= 15 is 0 Å². The Morgan fingerprint density at radius 1 is 0.968 bits per heavy atom. The molecule has 0 fully saturated rings. The zero-order valence-corrected chi connectivity index (χ0v) is 18.3. The summed E-state index contributed by atoms with van der Waals surface area (Å²) in [6.45, 7) is 1.48. The van der Waals surface area contributed by atoms with Crippen LogP contribution in [-0.4, -0.2) is 74.0 Å². The van der Waals surface area contributed by atoms with Gasteiger partial charge < -0.3 is 14.9 Å². The van der Waals surface area contributed by atoms with Crippen LogP contribution in [0.1, 0.15) is 12.8 Å². The molecule has 0 bridgehead atoms. The third-order valence-electron chi connectivity index (χ3n) is 5.63. The Balaban J connectivity index is 1.86. The summed E-state index contributed by atoms with van der Waals surface area (Å²) >= 11 is 0. The van der Waals surface area contributed by atoms with Gasteiger partial charge in [0.2, 0.25) is 11.6 Å². The number of nitrogens with zero attached hydrogens (tertiary/aromatic N) is 4. The maximum atomic E-state index is 13.2. The SMILES string of the molecule is CN(C)CCC1=C2C(=O)C(=O)C(=C3N=c4cccc(O)c4=C3CCN(C)C)C=C2N=C1. The Labute approximate surface area is 181 Å². The average molecular weight is 418 g/mol. The van der Waals surface area contributed by atoms with E-state index in [0.29, 0.717) is 46.9 Å². The van der Waals surface area contributed by atoms with Crippen molar-refractivity contribution < 1.29 is 14.7 Å². The van der Waals surface area contributed by atoms with Crippen molar-refractivity contribution in [3.63, 3.8) is 0 Å². The molecule has 1 aliphatic carbocycles. The summed E-state index contributed by atoms with van der Waals surface area (Å²) in [5.74, 6) is -0.980. The molecule has 1 aromatic carbocycles. The standard InChI is InChI=1S/C24H26N4O3/c1-27(2)10-8-14-13-25-18-12-16(23(30)24(31)20(14)18)22-15(9-11-28(3)4)21-17(26-22)6-5-7-19(21)29/h5-7,12-13,29H,8-11H2,1-4H3. The maximum Gasteiger partial charge on any atom is 0.236 e. The second-order valence-electron chi connectivity index (χ2n) is 8.48. The highest BCUT2D eigenvalue weighted by molar-refractivity contribution is 6.53. The van der Waals surface area contributed by atoms with E-state index in [2.05, 4.69) is 9.98 Å². The van der Waals surface area contributed by atoms with E-state index in [1.165, 1.54) is 0 Å². The molecule has 0 saturated heterocycles. The number of aromatic hydroxyl groups is 1. The molecule has 3 aliphatic rings. The molecule has 7 nitrogen and oxygen atoms in total. The zero-order chi connectivity index (χ0) is 22.3. The molecule has 0 unspecified atom stereocenters. The number of aliphatic imine (C=N–C) groups is 1. The second kappa shape index (κ2) is 8.17. The molecule has 7 heteroatoms. The van der Waals surface area contributed by atoms with Crippen LogP contribution in [0.15, 0.2) is 62.4 Å². The number of allylic oxidation sites excluding steroid dienone is 4. The largest absolute Gasteiger partial charge is 0.507 e. The molecule has 0 aromatic heterocycles. The van der Waals surface area contributed by atoms with E-state index in [1.807, 2.05) is 38.0 Å². The normalized spacial score (nSPS) is 20.1. The van der Waals surface area contributed by atoms with Crippen LogP contribution in [0.4, 0.5) is 0 Å². The number of carbonyl (C=O) groups is 2. The summed E-state index contributed by atoms with van der Waals surface area (Å²) in [6.07, 6.45) is 4.60. The average Bonchev–Trinajstić information content (AvgIpc) is 3.29. The molecule has 1 N–H and O–H groups in total. The number of ketones is 2. The third kappa shape index (κ3) is 3.82. The van der Waals surface area contributed by atoms with Crippen molar-refractivity contribution in [3.8, 4) is 5.75 Å². The summed E-state index contributed by atoms with van der Waals surface area (Å²) in [6, 6.07) is 5.14. The Morgan fingerprint density at radius 3 is 2.39 bits per heavy atom. The predicted molar refractivity (Wildman–Crippen MR) is 119 cm³/mol. The van der Waals surface area contributed by atoms with Gasteiger partial charge in [0.05, 0.1) is 27.9 Å². The molecule has 1 aromatic rings. The molecule has 0 spiro atoms. The highest BCUT2D eigenvalue weighted by Crippen LogP contribution is 2.35. The molecule has 2 aliphatic heterocycles. The summed E-state index contributed by atoms with van der Waals surface area (Å²) < 4.78 is 0. The summed E-state index contributed by atoms with van der Waals surface area (Å²) in [5.41, 5.74) is 3.20. The minimum atomic E-state index is -0.569. The molecule has 4 rings (SSSR count). The van der Waals surface area contributed by atoms with Gasteiger partial charge in [-0.05, 0) is 70.4 Å². The van der Waals surface area contributed by atoms with Gasteiger partial charge in [0.25, 0.3) is 0 Å². The van der Waals surface area contributed by atoms with E-state index in [4.69, 9.17) is 0 Å². The molecule has 2 heterocycles. The molecule has 0 amide bonds. The van der Waals surface area contributed by atoms with Crippen molar-refractivity contribution in [1.82, 2.24) is 9.80 Å². The molecule has 0 saturated carbocycles. The van der Waals surface area contributed by atoms with Crippen molar-refractivity contribution in [2.45, 2.75) is 12.8 Å². The Kier molecular flexibility index (Phi) is 5.56. The highest BCUT2D eigenvalue weighted by Gasteiger charge is 2.36. The number of rotatable bonds is 6. The molecular formula is C24H26N4O3. The van der Waals surface area contributed by atoms with Gasteiger partial charge >= 0.3 is 0 Å². The van der Waals surface area contributed by atoms with Gasteiger partial charge in [-0.2, -0.15) is 0 Å². The quantitative estimate of drug-likeness (QED) is 0.544. The minimum absolute atomic E-state index is 0.123. The number of Topliss-reactive ketones (excluding diaryl/α,β-unsaturated/α-hetero) is 2. The summed E-state index contributed by atoms with van der Waals surface area (Å²) in [4.78, 5) is 39.3. The van der Waals surface area contributed by atoms with Crippen LogP contribution >= 0.6 is 0 Å². The van der Waals surface area contributed by atoms with E-state index in [1.54, 1.807) is 30.5 Å². The number of phenols is 1. The first kappa shape index (κ1) is 21.1. The van der Waals surface area contributed by atoms with Crippen LogP contribution in [0.5, 0.6) is 5.75 Å². The van der Waals surface area contributed by atoms with Gasteiger partial charge in [0, 0.05) is 24.5 Å². The molecular weight excluding hydrogens is 392 g/mol. The van der Waals surface area contributed by atoms with E-state index in [0.717, 1.165) is 17.7 Å². The van der Waals surface area contributed by atoms with Crippen LogP contribution in [0.2, 0.25) is 0 Å². The monoisotopic (exact) mass is 418 g/mol. The van der Waals surface area contributed by atoms with Gasteiger partial charge in [-0.25, -0.2) is 4.99 Å². The summed E-state index contributed by atoms with van der Waals surface area (Å²) in [7, 11) is 7.85. The van der Waals surface area contributed by atoms with E-state index in [-0.39, 0.29) is 11.3 Å². The van der Waals surface area contributed by atoms with Crippen molar-refractivity contribution in [2.24, 2.45) is 9.98 Å². The number of hydrogen-bond donors (Lipinski definition) is 1. The first-order valence-corrected chi connectivity index (χ1v) is 10.3. The van der Waals surface area contributed by atoms with E-state index in [9.17, 15) is 14.7 Å². The van der Waals surface area contributed by atoms with Gasteiger partial charge in [-0.3, -0.25) is 14.6 Å². The van der Waals surface area contributed by atoms with Gasteiger partial charge in [0.1, 0.15) is 5.75 Å². The van der Waals surface area contributed by atoms with Gasteiger partial charge in [-0.15, -0.1) is 0 Å². The minimum Gasteiger partial charge on any atom is -0.507 e. The lowest BCUT2D eigenvalue weighted by Crippen LogP contribution is -2.26. The lowest BCUT2D eigenvalue weighted by Gasteiger charge is -2.17. The van der Waals surface area contributed by atoms with Gasteiger partial charge in [0.15, 0.2) is 0 Å². The Hall–Kier alpha value is -3.16.